The Balaban J connectivity index is 2.29. The summed E-state index contributed by atoms with van der Waals surface area (Å²) >= 11 is 0. The van der Waals surface area contributed by atoms with Gasteiger partial charge in [0.15, 0.2) is 0 Å². The normalized spacial score (nSPS) is 17.0. The van der Waals surface area contributed by atoms with Gasteiger partial charge in [0, 0.05) is 0 Å². The van der Waals surface area contributed by atoms with Crippen molar-refractivity contribution in [2.45, 2.75) is 0 Å². The Labute approximate surface area is 82.3 Å². The third-order valence-electron chi connectivity index (χ3n) is 2.27. The Kier molecular flexibility index (Phi) is 2.41. The van der Waals surface area contributed by atoms with Gasteiger partial charge < -0.3 is 15.7 Å². The average Bonchev–Trinajstić information content (AvgIpc) is 2.19. The van der Waals surface area contributed by atoms with Gasteiger partial charge in [-0.1, -0.05) is 0 Å². The van der Waals surface area contributed by atoms with Gasteiger partial charge in [0.2, 0.25) is 0 Å². The third kappa shape index (κ3) is 1.58. The molecule has 2 heterocycles. The summed E-state index contributed by atoms with van der Waals surface area (Å²) < 4.78 is 6.01. The molecule has 1 saturated heterocycles. The maximum absolute atomic E-state index is 11.5. The Bertz CT molecular complexity index is 304. The molecule has 0 amide bonds. The summed E-state index contributed by atoms with van der Waals surface area (Å²) in [5.74, 6) is 0.538. The predicted molar refractivity (Wildman–Crippen MR) is 52.8 cm³/mol. The molecule has 1 aliphatic heterocycles. The molecule has 14 heavy (non-hydrogen) atoms. The molecule has 0 aliphatic carbocycles. The van der Waals surface area contributed by atoms with Crippen LogP contribution in [-0.4, -0.2) is 26.3 Å². The summed E-state index contributed by atoms with van der Waals surface area (Å²) in [5, 5.41) is 11.5. The highest BCUT2D eigenvalue weighted by atomic mass is 16.5. The van der Waals surface area contributed by atoms with Gasteiger partial charge in [-0.25, -0.2) is 4.73 Å². The molecular formula is C9H13N3O2. The van der Waals surface area contributed by atoms with E-state index in [9.17, 15) is 5.21 Å². The molecule has 1 aromatic heterocycles. The van der Waals surface area contributed by atoms with Crippen LogP contribution in [0.15, 0.2) is 18.3 Å². The van der Waals surface area contributed by atoms with Crippen LogP contribution in [-0.2, 0) is 4.74 Å². The monoisotopic (exact) mass is 195 g/mol. The standard InChI is InChI=1S/C9H13N3O2/c10-8-2-1-3-12(13)9(8)11-4-6-14-7-5-11/h1-3H,4-7,10H2. The second-order valence-electron chi connectivity index (χ2n) is 3.21. The number of nitrogen functional groups attached to an aromatic ring is 1. The van der Waals surface area contributed by atoms with Crippen molar-refractivity contribution in [3.8, 4) is 0 Å². The molecule has 1 aromatic rings. The second kappa shape index (κ2) is 3.71. The molecule has 0 spiro atoms. The van der Waals surface area contributed by atoms with Crippen LogP contribution >= 0.6 is 0 Å². The van der Waals surface area contributed by atoms with Crippen molar-refractivity contribution in [3.05, 3.63) is 23.5 Å². The SMILES string of the molecule is Nc1ccc[n+]([O-])c1N1CCOCC1. The largest absolute Gasteiger partial charge is 0.711 e. The number of hydrogen-bond donors (Lipinski definition) is 1. The van der Waals surface area contributed by atoms with Crippen molar-refractivity contribution >= 4 is 11.5 Å². The minimum atomic E-state index is 0.518. The molecule has 1 fully saturated rings. The number of morpholine rings is 1. The Morgan fingerprint density at radius 2 is 2.14 bits per heavy atom. The summed E-state index contributed by atoms with van der Waals surface area (Å²) in [7, 11) is 0. The first-order valence-corrected chi connectivity index (χ1v) is 4.59. The van der Waals surface area contributed by atoms with Gasteiger partial charge in [0.25, 0.3) is 0 Å². The van der Waals surface area contributed by atoms with E-state index < -0.39 is 0 Å². The highest BCUT2D eigenvalue weighted by Gasteiger charge is 2.22. The molecule has 0 atom stereocenters. The van der Waals surface area contributed by atoms with E-state index in [1.54, 1.807) is 12.1 Å². The summed E-state index contributed by atoms with van der Waals surface area (Å²) in [6.45, 7) is 2.73. The molecule has 0 radical (unpaired) electrons. The number of anilines is 2. The number of nitrogens with two attached hydrogens (primary N) is 1. The van der Waals surface area contributed by atoms with Gasteiger partial charge in [-0.3, -0.25) is 4.90 Å². The Hall–Kier alpha value is -1.49. The highest BCUT2D eigenvalue weighted by Crippen LogP contribution is 2.17. The summed E-state index contributed by atoms with van der Waals surface area (Å²) in [6.07, 6.45) is 1.46. The van der Waals surface area contributed by atoms with Gasteiger partial charge in [-0.15, -0.1) is 0 Å². The van der Waals surface area contributed by atoms with E-state index >= 15 is 0 Å². The molecule has 5 heteroatoms. The fraction of sp³-hybridized carbons (Fsp3) is 0.444. The zero-order chi connectivity index (χ0) is 9.97. The quantitative estimate of drug-likeness (QED) is 0.495. The van der Waals surface area contributed by atoms with Crippen molar-refractivity contribution in [2.75, 3.05) is 36.9 Å². The first-order chi connectivity index (χ1) is 6.79. The summed E-state index contributed by atoms with van der Waals surface area (Å²) in [4.78, 5) is 1.95. The van der Waals surface area contributed by atoms with Crippen LogP contribution in [0, 0.1) is 5.21 Å². The van der Waals surface area contributed by atoms with Gasteiger partial charge in [-0.2, -0.15) is 0 Å². The lowest BCUT2D eigenvalue weighted by atomic mass is 10.3. The van der Waals surface area contributed by atoms with E-state index in [1.807, 2.05) is 4.90 Å². The van der Waals surface area contributed by atoms with Crippen molar-refractivity contribution in [1.29, 1.82) is 0 Å². The molecule has 76 valence electrons. The van der Waals surface area contributed by atoms with Crippen LogP contribution < -0.4 is 15.4 Å². The highest BCUT2D eigenvalue weighted by molar-refractivity contribution is 5.59. The number of nitrogens with zero attached hydrogens (tertiary/aromatic N) is 2. The van der Waals surface area contributed by atoms with E-state index in [0.717, 1.165) is 17.8 Å². The van der Waals surface area contributed by atoms with Crippen molar-refractivity contribution in [2.24, 2.45) is 0 Å². The van der Waals surface area contributed by atoms with Crippen LogP contribution in [0.25, 0.3) is 0 Å². The van der Waals surface area contributed by atoms with Crippen LogP contribution in [0.3, 0.4) is 0 Å². The van der Waals surface area contributed by atoms with Crippen LogP contribution in [0.5, 0.6) is 0 Å². The number of pyridine rings is 1. The number of aromatic nitrogens is 1. The number of ether oxygens (including phenoxy) is 1. The van der Waals surface area contributed by atoms with Crippen LogP contribution in [0.1, 0.15) is 0 Å². The Morgan fingerprint density at radius 3 is 2.79 bits per heavy atom. The topological polar surface area (TPSA) is 65.4 Å². The Morgan fingerprint density at radius 1 is 1.43 bits per heavy atom. The van der Waals surface area contributed by atoms with Crippen molar-refractivity contribution in [3.63, 3.8) is 0 Å². The molecule has 0 saturated carbocycles. The molecular weight excluding hydrogens is 182 g/mol. The lowest BCUT2D eigenvalue weighted by Gasteiger charge is -2.25. The van der Waals surface area contributed by atoms with Gasteiger partial charge in [0.1, 0.15) is 18.8 Å². The van der Waals surface area contributed by atoms with Crippen molar-refractivity contribution in [1.82, 2.24) is 0 Å². The predicted octanol–water partition coefficient (Wildman–Crippen LogP) is -0.261. The van der Waals surface area contributed by atoms with E-state index in [-0.39, 0.29) is 0 Å². The molecule has 5 nitrogen and oxygen atoms in total. The first-order valence-electron chi connectivity index (χ1n) is 4.59. The molecule has 2 rings (SSSR count). The molecule has 0 aromatic carbocycles. The van der Waals surface area contributed by atoms with Gasteiger partial charge in [-0.05, 0) is 12.1 Å². The van der Waals surface area contributed by atoms with Gasteiger partial charge in [0.05, 0.1) is 19.4 Å². The minimum absolute atomic E-state index is 0.518. The fourth-order valence-corrected chi connectivity index (χ4v) is 1.59. The smallest absolute Gasteiger partial charge is 0.303 e. The van der Waals surface area contributed by atoms with E-state index in [1.165, 1.54) is 6.20 Å². The summed E-state index contributed by atoms with van der Waals surface area (Å²) in [6, 6.07) is 3.38. The third-order valence-corrected chi connectivity index (χ3v) is 2.27. The fourth-order valence-electron chi connectivity index (χ4n) is 1.59. The van der Waals surface area contributed by atoms with Crippen LogP contribution in [0.2, 0.25) is 0 Å². The number of hydrogen-bond acceptors (Lipinski definition) is 4. The molecule has 1 aliphatic rings. The van der Waals surface area contributed by atoms with Crippen LogP contribution in [0.4, 0.5) is 11.5 Å². The van der Waals surface area contributed by atoms with Gasteiger partial charge >= 0.3 is 5.82 Å². The van der Waals surface area contributed by atoms with E-state index in [2.05, 4.69) is 0 Å². The summed E-state index contributed by atoms with van der Waals surface area (Å²) in [5.41, 5.74) is 6.27. The molecule has 0 unspecified atom stereocenters. The zero-order valence-corrected chi connectivity index (χ0v) is 7.85. The zero-order valence-electron chi connectivity index (χ0n) is 7.85. The van der Waals surface area contributed by atoms with E-state index in [4.69, 9.17) is 10.5 Å². The first kappa shape index (κ1) is 9.08. The van der Waals surface area contributed by atoms with Crippen molar-refractivity contribution < 1.29 is 9.47 Å². The number of rotatable bonds is 1. The lowest BCUT2D eigenvalue weighted by Crippen LogP contribution is -2.44. The minimum Gasteiger partial charge on any atom is -0.711 e. The molecule has 2 N–H and O–H groups in total. The lowest BCUT2D eigenvalue weighted by molar-refractivity contribution is -0.591. The molecule has 0 bridgehead atoms. The average molecular weight is 195 g/mol. The maximum Gasteiger partial charge on any atom is 0.303 e. The van der Waals surface area contributed by atoms with E-state index in [0.29, 0.717) is 24.7 Å². The second-order valence-corrected chi connectivity index (χ2v) is 3.21. The maximum atomic E-state index is 11.5.